The largest absolute Gasteiger partial charge is 0.372 e. The van der Waals surface area contributed by atoms with E-state index in [9.17, 15) is 4.79 Å². The Morgan fingerprint density at radius 1 is 1.22 bits per heavy atom. The number of hydrogen-bond donors (Lipinski definition) is 1. The second-order valence-electron chi connectivity index (χ2n) is 8.86. The molecule has 27 heavy (non-hydrogen) atoms. The first-order chi connectivity index (χ1) is 12.8. The fourth-order valence-corrected chi connectivity index (χ4v) is 4.07. The number of carbonyl (C=O) groups is 1. The molecule has 1 aromatic rings. The number of ether oxygens (including phenoxy) is 1. The van der Waals surface area contributed by atoms with Crippen molar-refractivity contribution in [3.05, 3.63) is 35.4 Å². The quantitative estimate of drug-likeness (QED) is 0.877. The normalized spacial score (nSPS) is 22.4. The summed E-state index contributed by atoms with van der Waals surface area (Å²) >= 11 is 0. The Kier molecular flexibility index (Phi) is 6.43. The topological polar surface area (TPSA) is 44.8 Å². The van der Waals surface area contributed by atoms with Crippen LogP contribution in [0, 0.1) is 12.8 Å². The average Bonchev–Trinajstić information content (AvgIpc) is 2.63. The van der Waals surface area contributed by atoms with Crippen LogP contribution < -0.4 is 5.32 Å². The van der Waals surface area contributed by atoms with Crippen LogP contribution in [0.2, 0.25) is 0 Å². The summed E-state index contributed by atoms with van der Waals surface area (Å²) < 4.78 is 5.73. The van der Waals surface area contributed by atoms with Crippen LogP contribution >= 0.6 is 0 Å². The highest BCUT2D eigenvalue weighted by atomic mass is 16.5. The predicted molar refractivity (Wildman–Crippen MR) is 109 cm³/mol. The summed E-state index contributed by atoms with van der Waals surface area (Å²) in [6.07, 6.45) is 2.46. The molecule has 1 aromatic carbocycles. The van der Waals surface area contributed by atoms with E-state index in [1.807, 2.05) is 18.7 Å². The van der Waals surface area contributed by atoms with E-state index in [4.69, 9.17) is 4.74 Å². The summed E-state index contributed by atoms with van der Waals surface area (Å²) in [6, 6.07) is 9.01. The molecule has 1 atom stereocenters. The molecular weight excluding hydrogens is 338 g/mol. The highest BCUT2D eigenvalue weighted by molar-refractivity contribution is 5.74. The van der Waals surface area contributed by atoms with E-state index >= 15 is 0 Å². The van der Waals surface area contributed by atoms with E-state index in [2.05, 4.69) is 48.3 Å². The van der Waals surface area contributed by atoms with Crippen LogP contribution in [0.25, 0.3) is 0 Å². The molecule has 0 aliphatic carbocycles. The van der Waals surface area contributed by atoms with Gasteiger partial charge in [0.2, 0.25) is 0 Å². The molecule has 2 amide bonds. The lowest BCUT2D eigenvalue weighted by molar-refractivity contribution is -0.0734. The summed E-state index contributed by atoms with van der Waals surface area (Å²) in [5.41, 5.74) is 2.29. The summed E-state index contributed by atoms with van der Waals surface area (Å²) in [7, 11) is 0. The van der Waals surface area contributed by atoms with Crippen molar-refractivity contribution in [1.82, 2.24) is 15.1 Å². The number of hydrogen-bond acceptors (Lipinski definition) is 3. The van der Waals surface area contributed by atoms with Gasteiger partial charge < -0.3 is 15.0 Å². The molecule has 2 aliphatic rings. The number of nitrogens with one attached hydrogen (secondary N) is 1. The molecule has 5 nitrogen and oxygen atoms in total. The van der Waals surface area contributed by atoms with Gasteiger partial charge in [0, 0.05) is 13.1 Å². The van der Waals surface area contributed by atoms with Crippen LogP contribution in [-0.2, 0) is 4.74 Å². The van der Waals surface area contributed by atoms with Crippen molar-refractivity contribution >= 4 is 6.03 Å². The lowest BCUT2D eigenvalue weighted by Gasteiger charge is -2.39. The second-order valence-corrected chi connectivity index (χ2v) is 8.86. The van der Waals surface area contributed by atoms with Crippen molar-refractivity contribution in [3.8, 4) is 0 Å². The van der Waals surface area contributed by atoms with E-state index in [0.717, 1.165) is 19.0 Å². The molecule has 3 rings (SSSR count). The number of nitrogens with zero attached hydrogens (tertiary/aromatic N) is 2. The first-order valence-corrected chi connectivity index (χ1v) is 10.3. The number of piperidine rings is 1. The number of likely N-dealkylation sites (tertiary alicyclic amines) is 1. The van der Waals surface area contributed by atoms with Gasteiger partial charge in [-0.15, -0.1) is 0 Å². The van der Waals surface area contributed by atoms with Gasteiger partial charge in [0.25, 0.3) is 0 Å². The Hall–Kier alpha value is -1.59. The Morgan fingerprint density at radius 2 is 1.89 bits per heavy atom. The van der Waals surface area contributed by atoms with Crippen LogP contribution in [0.3, 0.4) is 0 Å². The summed E-state index contributed by atoms with van der Waals surface area (Å²) in [5.74, 6) is 0.796. The highest BCUT2D eigenvalue weighted by Crippen LogP contribution is 2.27. The zero-order chi connectivity index (χ0) is 19.4. The molecule has 5 heteroatoms. The smallest absolute Gasteiger partial charge is 0.317 e. The number of rotatable bonds is 4. The fraction of sp³-hybridized carbons (Fsp3) is 0.682. The molecule has 2 fully saturated rings. The van der Waals surface area contributed by atoms with E-state index < -0.39 is 0 Å². The molecule has 0 radical (unpaired) electrons. The summed E-state index contributed by atoms with van der Waals surface area (Å²) in [4.78, 5) is 17.2. The van der Waals surface area contributed by atoms with Crippen molar-refractivity contribution in [2.75, 3.05) is 39.3 Å². The summed E-state index contributed by atoms with van der Waals surface area (Å²) in [6.45, 7) is 13.3. The van der Waals surface area contributed by atoms with Crippen LogP contribution in [0.5, 0.6) is 0 Å². The second kappa shape index (κ2) is 8.61. The zero-order valence-electron chi connectivity index (χ0n) is 17.3. The molecule has 0 aromatic heterocycles. The van der Waals surface area contributed by atoms with Crippen molar-refractivity contribution < 1.29 is 9.53 Å². The molecule has 0 bridgehead atoms. The third-order valence-electron chi connectivity index (χ3n) is 5.88. The molecule has 0 spiro atoms. The molecule has 1 unspecified atom stereocenters. The van der Waals surface area contributed by atoms with Crippen LogP contribution in [0.1, 0.15) is 50.8 Å². The Labute approximate surface area is 164 Å². The maximum Gasteiger partial charge on any atom is 0.317 e. The van der Waals surface area contributed by atoms with Gasteiger partial charge in [0.15, 0.2) is 0 Å². The van der Waals surface area contributed by atoms with E-state index in [1.165, 1.54) is 24.0 Å². The predicted octanol–water partition coefficient (Wildman–Crippen LogP) is 3.59. The van der Waals surface area contributed by atoms with Gasteiger partial charge in [-0.2, -0.15) is 0 Å². The number of aryl methyl sites for hydroxylation is 1. The van der Waals surface area contributed by atoms with E-state index in [-0.39, 0.29) is 17.7 Å². The molecular formula is C22H35N3O2. The van der Waals surface area contributed by atoms with Crippen molar-refractivity contribution in [2.24, 2.45) is 5.92 Å². The SMILES string of the molecule is Cc1ccc(C(CNC(=O)N2CCOC(C)(C)C2)N2CCC(C)CC2)cc1. The average molecular weight is 374 g/mol. The molecule has 150 valence electrons. The number of urea groups is 1. The molecule has 2 aliphatic heterocycles. The minimum atomic E-state index is -0.269. The van der Waals surface area contributed by atoms with Gasteiger partial charge in [-0.1, -0.05) is 36.8 Å². The third kappa shape index (κ3) is 5.45. The van der Waals surface area contributed by atoms with Crippen molar-refractivity contribution in [3.63, 3.8) is 0 Å². The monoisotopic (exact) mass is 373 g/mol. The third-order valence-corrected chi connectivity index (χ3v) is 5.88. The maximum absolute atomic E-state index is 12.8. The van der Waals surface area contributed by atoms with Gasteiger partial charge in [-0.25, -0.2) is 4.79 Å². The van der Waals surface area contributed by atoms with Gasteiger partial charge in [-0.05, 0) is 58.2 Å². The lowest BCUT2D eigenvalue weighted by atomic mass is 9.95. The minimum Gasteiger partial charge on any atom is -0.372 e. The Morgan fingerprint density at radius 3 is 2.52 bits per heavy atom. The summed E-state index contributed by atoms with van der Waals surface area (Å²) in [5, 5.41) is 3.20. The van der Waals surface area contributed by atoms with Gasteiger partial charge >= 0.3 is 6.03 Å². The minimum absolute atomic E-state index is 0.0221. The zero-order valence-corrected chi connectivity index (χ0v) is 17.3. The maximum atomic E-state index is 12.8. The number of amides is 2. The molecule has 1 N–H and O–H groups in total. The van der Waals surface area contributed by atoms with Gasteiger partial charge in [-0.3, -0.25) is 4.90 Å². The molecule has 2 heterocycles. The van der Waals surface area contributed by atoms with Crippen molar-refractivity contribution in [1.29, 1.82) is 0 Å². The Balaban J connectivity index is 1.66. The van der Waals surface area contributed by atoms with Crippen LogP contribution in [0.4, 0.5) is 4.79 Å². The number of benzene rings is 1. The first kappa shape index (κ1) is 20.2. The van der Waals surface area contributed by atoms with Gasteiger partial charge in [0.1, 0.15) is 0 Å². The Bertz CT molecular complexity index is 621. The van der Waals surface area contributed by atoms with Gasteiger partial charge in [0.05, 0.1) is 24.8 Å². The first-order valence-electron chi connectivity index (χ1n) is 10.3. The van der Waals surface area contributed by atoms with Crippen LogP contribution in [0.15, 0.2) is 24.3 Å². The molecule has 2 saturated heterocycles. The molecule has 0 saturated carbocycles. The number of carbonyl (C=O) groups excluding carboxylic acids is 1. The lowest BCUT2D eigenvalue weighted by Crippen LogP contribution is -2.54. The standard InChI is InChI=1S/C22H35N3O2/c1-17-5-7-19(8-6-17)20(24-11-9-18(2)10-12-24)15-23-21(26)25-13-14-27-22(3,4)16-25/h5-8,18,20H,9-16H2,1-4H3,(H,23,26). The van der Waals surface area contributed by atoms with Crippen molar-refractivity contribution in [2.45, 2.75) is 52.2 Å². The van der Waals surface area contributed by atoms with E-state index in [1.54, 1.807) is 0 Å². The fourth-order valence-electron chi connectivity index (χ4n) is 4.07. The highest BCUT2D eigenvalue weighted by Gasteiger charge is 2.31. The number of morpholine rings is 1. The van der Waals surface area contributed by atoms with E-state index in [0.29, 0.717) is 26.2 Å². The van der Waals surface area contributed by atoms with Crippen LogP contribution in [-0.4, -0.2) is 60.8 Å².